The average Bonchev–Trinajstić information content (AvgIpc) is 2.85. The molecule has 1 rings (SSSR count). The lowest BCUT2D eigenvalue weighted by molar-refractivity contribution is -0.148. The van der Waals surface area contributed by atoms with Crippen LogP contribution in [0.4, 0.5) is 4.79 Å². The van der Waals surface area contributed by atoms with E-state index in [9.17, 15) is 19.5 Å². The van der Waals surface area contributed by atoms with Crippen LogP contribution in [0.25, 0.3) is 0 Å². The number of esters is 1. The van der Waals surface area contributed by atoms with E-state index in [1.807, 2.05) is 6.92 Å². The Hall–Kier alpha value is -1.79. The van der Waals surface area contributed by atoms with E-state index in [1.165, 1.54) is 12.0 Å². The highest BCUT2D eigenvalue weighted by atomic mass is 16.5. The first-order chi connectivity index (χ1) is 9.75. The number of rotatable bonds is 5. The molecule has 120 valence electrons. The monoisotopic (exact) mass is 300 g/mol. The predicted octanol–water partition coefficient (Wildman–Crippen LogP) is 0.938. The van der Waals surface area contributed by atoms with Crippen LogP contribution in [-0.4, -0.2) is 54.7 Å². The van der Waals surface area contributed by atoms with Gasteiger partial charge < -0.3 is 20.1 Å². The van der Waals surface area contributed by atoms with Crippen LogP contribution in [-0.2, 0) is 14.3 Å². The van der Waals surface area contributed by atoms with Gasteiger partial charge in [-0.15, -0.1) is 0 Å². The van der Waals surface area contributed by atoms with E-state index in [-0.39, 0.29) is 30.4 Å². The molecule has 1 fully saturated rings. The number of urea groups is 1. The Morgan fingerprint density at radius 3 is 2.48 bits per heavy atom. The Balaban J connectivity index is 2.58. The molecule has 0 aromatic heterocycles. The Labute approximate surface area is 124 Å². The smallest absolute Gasteiger partial charge is 0.317 e. The van der Waals surface area contributed by atoms with Crippen LogP contribution in [0, 0.1) is 17.3 Å². The van der Waals surface area contributed by atoms with E-state index in [1.54, 1.807) is 13.8 Å². The van der Waals surface area contributed by atoms with Crippen LogP contribution >= 0.6 is 0 Å². The number of aliphatic carboxylic acids is 1. The zero-order chi connectivity index (χ0) is 16.2. The fourth-order valence-electron chi connectivity index (χ4n) is 2.33. The normalized spacial score (nSPS) is 24.3. The standard InChI is InChI=1S/C14H24N2O5/c1-5-14(3,12(18)19)8-15-13(20)16-6-9(2)10(7-16)11(17)21-4/h9-10H,5-8H2,1-4H3,(H,15,20)(H,18,19). The number of hydrogen-bond donors (Lipinski definition) is 2. The highest BCUT2D eigenvalue weighted by Gasteiger charge is 2.38. The number of amides is 2. The SMILES string of the molecule is CCC(C)(CNC(=O)N1CC(C)C(C(=O)OC)C1)C(=O)O. The van der Waals surface area contributed by atoms with Crippen molar-refractivity contribution in [2.45, 2.75) is 27.2 Å². The molecule has 2 amide bonds. The minimum atomic E-state index is -0.983. The van der Waals surface area contributed by atoms with E-state index in [0.29, 0.717) is 19.5 Å². The molecule has 0 spiro atoms. The minimum Gasteiger partial charge on any atom is -0.481 e. The summed E-state index contributed by atoms with van der Waals surface area (Å²) in [5.41, 5.74) is -0.983. The molecule has 0 bridgehead atoms. The third-order valence-electron chi connectivity index (χ3n) is 4.33. The molecule has 0 aliphatic carbocycles. The molecule has 0 radical (unpaired) electrons. The van der Waals surface area contributed by atoms with Crippen molar-refractivity contribution < 1.29 is 24.2 Å². The van der Waals surface area contributed by atoms with Gasteiger partial charge in [0.15, 0.2) is 0 Å². The quantitative estimate of drug-likeness (QED) is 0.737. The molecular formula is C14H24N2O5. The first-order valence-corrected chi connectivity index (χ1v) is 7.09. The van der Waals surface area contributed by atoms with Crippen LogP contribution in [0.15, 0.2) is 0 Å². The molecular weight excluding hydrogens is 276 g/mol. The second-order valence-electron chi connectivity index (χ2n) is 5.89. The lowest BCUT2D eigenvalue weighted by atomic mass is 9.88. The highest BCUT2D eigenvalue weighted by Crippen LogP contribution is 2.25. The second kappa shape index (κ2) is 6.78. The van der Waals surface area contributed by atoms with E-state index in [0.717, 1.165) is 0 Å². The average molecular weight is 300 g/mol. The molecule has 1 aliphatic rings. The predicted molar refractivity (Wildman–Crippen MR) is 75.7 cm³/mol. The molecule has 3 atom stereocenters. The van der Waals surface area contributed by atoms with Crippen LogP contribution in [0.1, 0.15) is 27.2 Å². The maximum absolute atomic E-state index is 12.1. The number of likely N-dealkylation sites (tertiary alicyclic amines) is 1. The number of carboxylic acid groups (broad SMARTS) is 1. The first-order valence-electron chi connectivity index (χ1n) is 7.09. The van der Waals surface area contributed by atoms with Gasteiger partial charge in [-0.1, -0.05) is 13.8 Å². The molecule has 0 aromatic carbocycles. The molecule has 2 N–H and O–H groups in total. The topological polar surface area (TPSA) is 95.9 Å². The van der Waals surface area contributed by atoms with Gasteiger partial charge in [-0.3, -0.25) is 9.59 Å². The number of methoxy groups -OCH3 is 1. The lowest BCUT2D eigenvalue weighted by Gasteiger charge is -2.25. The van der Waals surface area contributed by atoms with Gasteiger partial charge in [0.25, 0.3) is 0 Å². The maximum Gasteiger partial charge on any atom is 0.317 e. The van der Waals surface area contributed by atoms with Crippen molar-refractivity contribution in [3.63, 3.8) is 0 Å². The summed E-state index contributed by atoms with van der Waals surface area (Å²) >= 11 is 0. The Bertz CT molecular complexity index is 426. The first kappa shape index (κ1) is 17.3. The summed E-state index contributed by atoms with van der Waals surface area (Å²) in [5.74, 6) is -1.55. The molecule has 1 saturated heterocycles. The Morgan fingerprint density at radius 1 is 1.38 bits per heavy atom. The third kappa shape index (κ3) is 3.86. The highest BCUT2D eigenvalue weighted by molar-refractivity contribution is 5.80. The van der Waals surface area contributed by atoms with Crippen molar-refractivity contribution in [1.82, 2.24) is 10.2 Å². The van der Waals surface area contributed by atoms with Crippen LogP contribution in [0.2, 0.25) is 0 Å². The summed E-state index contributed by atoms with van der Waals surface area (Å²) in [4.78, 5) is 36.4. The molecule has 3 unspecified atom stereocenters. The second-order valence-corrected chi connectivity index (χ2v) is 5.89. The largest absolute Gasteiger partial charge is 0.481 e. The molecule has 7 nitrogen and oxygen atoms in total. The summed E-state index contributed by atoms with van der Waals surface area (Å²) < 4.78 is 4.72. The van der Waals surface area contributed by atoms with E-state index >= 15 is 0 Å². The van der Waals surface area contributed by atoms with Gasteiger partial charge in [-0.2, -0.15) is 0 Å². The summed E-state index contributed by atoms with van der Waals surface area (Å²) in [6, 6.07) is -0.339. The summed E-state index contributed by atoms with van der Waals surface area (Å²) in [6.07, 6.45) is 0.420. The van der Waals surface area contributed by atoms with Crippen molar-refractivity contribution in [2.75, 3.05) is 26.7 Å². The van der Waals surface area contributed by atoms with Gasteiger partial charge in [-0.05, 0) is 19.3 Å². The fourth-order valence-corrected chi connectivity index (χ4v) is 2.33. The number of nitrogens with one attached hydrogen (secondary N) is 1. The molecule has 0 saturated carbocycles. The zero-order valence-corrected chi connectivity index (χ0v) is 13.0. The van der Waals surface area contributed by atoms with Crippen molar-refractivity contribution >= 4 is 18.0 Å². The van der Waals surface area contributed by atoms with E-state index < -0.39 is 11.4 Å². The van der Waals surface area contributed by atoms with Gasteiger partial charge in [-0.25, -0.2) is 4.79 Å². The third-order valence-corrected chi connectivity index (χ3v) is 4.33. The number of carbonyl (C=O) groups is 3. The van der Waals surface area contributed by atoms with Crippen LogP contribution < -0.4 is 5.32 Å². The molecule has 7 heteroatoms. The van der Waals surface area contributed by atoms with E-state index in [4.69, 9.17) is 4.74 Å². The van der Waals surface area contributed by atoms with Crippen LogP contribution in [0.3, 0.4) is 0 Å². The summed E-state index contributed by atoms with van der Waals surface area (Å²) in [7, 11) is 1.33. The number of nitrogens with zero attached hydrogens (tertiary/aromatic N) is 1. The van der Waals surface area contributed by atoms with Gasteiger partial charge in [0.05, 0.1) is 18.4 Å². The van der Waals surface area contributed by atoms with Crippen molar-refractivity contribution in [2.24, 2.45) is 17.3 Å². The van der Waals surface area contributed by atoms with Crippen molar-refractivity contribution in [3.05, 3.63) is 0 Å². The number of carbonyl (C=O) groups excluding carboxylic acids is 2. The van der Waals surface area contributed by atoms with E-state index in [2.05, 4.69) is 5.32 Å². The molecule has 1 heterocycles. The van der Waals surface area contributed by atoms with Gasteiger partial charge >= 0.3 is 18.0 Å². The Morgan fingerprint density at radius 2 is 2.00 bits per heavy atom. The number of ether oxygens (including phenoxy) is 1. The zero-order valence-electron chi connectivity index (χ0n) is 13.0. The maximum atomic E-state index is 12.1. The molecule has 1 aliphatic heterocycles. The van der Waals surface area contributed by atoms with Gasteiger partial charge in [0, 0.05) is 19.6 Å². The minimum absolute atomic E-state index is 0.0280. The van der Waals surface area contributed by atoms with Crippen molar-refractivity contribution in [3.8, 4) is 0 Å². The summed E-state index contributed by atoms with van der Waals surface area (Å²) in [6.45, 7) is 6.08. The fraction of sp³-hybridized carbons (Fsp3) is 0.786. The molecule has 0 aromatic rings. The van der Waals surface area contributed by atoms with Crippen molar-refractivity contribution in [1.29, 1.82) is 0 Å². The van der Waals surface area contributed by atoms with Gasteiger partial charge in [0.2, 0.25) is 0 Å². The van der Waals surface area contributed by atoms with Gasteiger partial charge in [0.1, 0.15) is 0 Å². The number of carboxylic acids is 1. The van der Waals surface area contributed by atoms with Crippen LogP contribution in [0.5, 0.6) is 0 Å². The molecule has 21 heavy (non-hydrogen) atoms. The lowest BCUT2D eigenvalue weighted by Crippen LogP contribution is -2.46. The Kier molecular flexibility index (Phi) is 5.57. The summed E-state index contributed by atoms with van der Waals surface area (Å²) in [5, 5.41) is 11.8. The number of hydrogen-bond acceptors (Lipinski definition) is 4.